The molecule has 1 amide bonds. The third-order valence-electron chi connectivity index (χ3n) is 3.78. The van der Waals surface area contributed by atoms with E-state index in [0.29, 0.717) is 31.8 Å². The maximum Gasteiger partial charge on any atom is 0.224 e. The maximum atomic E-state index is 12.1. The zero-order chi connectivity index (χ0) is 13.0. The number of fused-ring (bicyclic) bond motifs is 2. The van der Waals surface area contributed by atoms with Crippen LogP contribution in [0.5, 0.6) is 0 Å². The molecule has 0 aromatic carbocycles. The lowest BCUT2D eigenvalue weighted by Gasteiger charge is -2.22. The number of nitrogens with one attached hydrogen (secondary N) is 2. The van der Waals surface area contributed by atoms with Gasteiger partial charge in [-0.2, -0.15) is 0 Å². The Kier molecular flexibility index (Phi) is 4.97. The topological polar surface area (TPSA) is 59.6 Å². The van der Waals surface area contributed by atoms with Crippen molar-refractivity contribution in [3.63, 3.8) is 0 Å². The van der Waals surface area contributed by atoms with E-state index in [1.54, 1.807) is 0 Å². The van der Waals surface area contributed by atoms with E-state index in [2.05, 4.69) is 10.6 Å². The Bertz CT molecular complexity index is 279. The molecule has 2 fully saturated rings. The number of hydrogen-bond donors (Lipinski definition) is 2. The van der Waals surface area contributed by atoms with Gasteiger partial charge in [0.2, 0.25) is 5.91 Å². The molecule has 5 heteroatoms. The number of amides is 1. The molecule has 0 saturated carbocycles. The molecular formula is C13H24N2O3. The van der Waals surface area contributed by atoms with E-state index in [0.717, 1.165) is 12.8 Å². The van der Waals surface area contributed by atoms with Crippen molar-refractivity contribution in [3.8, 4) is 0 Å². The summed E-state index contributed by atoms with van der Waals surface area (Å²) in [5.74, 6) is 0.270. The Morgan fingerprint density at radius 2 is 2.06 bits per heavy atom. The van der Waals surface area contributed by atoms with Crippen molar-refractivity contribution in [2.45, 2.75) is 51.5 Å². The van der Waals surface area contributed by atoms with Gasteiger partial charge in [0.25, 0.3) is 0 Å². The zero-order valence-electron chi connectivity index (χ0n) is 11.3. The van der Waals surface area contributed by atoms with Gasteiger partial charge in [0.1, 0.15) is 0 Å². The second-order valence-electron chi connectivity index (χ2n) is 4.98. The molecule has 2 saturated heterocycles. The molecule has 0 aromatic heterocycles. The van der Waals surface area contributed by atoms with E-state index >= 15 is 0 Å². The molecule has 0 aliphatic carbocycles. The highest BCUT2D eigenvalue weighted by molar-refractivity contribution is 5.80. The molecule has 2 aliphatic heterocycles. The summed E-state index contributed by atoms with van der Waals surface area (Å²) in [4.78, 5) is 12.1. The van der Waals surface area contributed by atoms with Crippen LogP contribution in [0.3, 0.4) is 0 Å². The third-order valence-corrected chi connectivity index (χ3v) is 3.78. The SMILES string of the molecule is CCOC(CNC(=O)C1CC2CCC1N2)OCC. The van der Waals surface area contributed by atoms with Crippen LogP contribution in [0.25, 0.3) is 0 Å². The van der Waals surface area contributed by atoms with Crippen molar-refractivity contribution in [3.05, 3.63) is 0 Å². The molecule has 0 spiro atoms. The summed E-state index contributed by atoms with van der Waals surface area (Å²) in [6.45, 7) is 5.47. The van der Waals surface area contributed by atoms with Gasteiger partial charge in [0.05, 0.1) is 12.5 Å². The van der Waals surface area contributed by atoms with Crippen LogP contribution in [-0.2, 0) is 14.3 Å². The van der Waals surface area contributed by atoms with Gasteiger partial charge in [-0.15, -0.1) is 0 Å². The molecule has 0 radical (unpaired) electrons. The van der Waals surface area contributed by atoms with Crippen molar-refractivity contribution < 1.29 is 14.3 Å². The van der Waals surface area contributed by atoms with Gasteiger partial charge >= 0.3 is 0 Å². The fraction of sp³-hybridized carbons (Fsp3) is 0.923. The molecule has 3 atom stereocenters. The van der Waals surface area contributed by atoms with Crippen LogP contribution in [0.2, 0.25) is 0 Å². The van der Waals surface area contributed by atoms with Gasteiger partial charge in [-0.05, 0) is 33.1 Å². The predicted molar refractivity (Wildman–Crippen MR) is 68.1 cm³/mol. The summed E-state index contributed by atoms with van der Waals surface area (Å²) in [5.41, 5.74) is 0. The zero-order valence-corrected chi connectivity index (χ0v) is 11.3. The second-order valence-corrected chi connectivity index (χ2v) is 4.98. The van der Waals surface area contributed by atoms with Gasteiger partial charge in [-0.3, -0.25) is 4.79 Å². The molecule has 0 aromatic rings. The van der Waals surface area contributed by atoms with Crippen molar-refractivity contribution in [1.82, 2.24) is 10.6 Å². The monoisotopic (exact) mass is 256 g/mol. The first-order valence-corrected chi connectivity index (χ1v) is 7.01. The molecular weight excluding hydrogens is 232 g/mol. The van der Waals surface area contributed by atoms with E-state index in [-0.39, 0.29) is 18.1 Å². The Morgan fingerprint density at radius 1 is 1.33 bits per heavy atom. The molecule has 3 unspecified atom stereocenters. The Morgan fingerprint density at radius 3 is 2.56 bits per heavy atom. The summed E-state index contributed by atoms with van der Waals surface area (Å²) in [7, 11) is 0. The maximum absolute atomic E-state index is 12.1. The number of carbonyl (C=O) groups is 1. The lowest BCUT2D eigenvalue weighted by atomic mass is 9.88. The van der Waals surface area contributed by atoms with Crippen molar-refractivity contribution >= 4 is 5.91 Å². The smallest absolute Gasteiger partial charge is 0.224 e. The molecule has 104 valence electrons. The van der Waals surface area contributed by atoms with Crippen LogP contribution in [-0.4, -0.2) is 44.0 Å². The van der Waals surface area contributed by atoms with E-state index < -0.39 is 0 Å². The highest BCUT2D eigenvalue weighted by Gasteiger charge is 2.42. The minimum atomic E-state index is -0.324. The normalized spacial score (nSPS) is 30.1. The average Bonchev–Trinajstić information content (AvgIpc) is 2.98. The summed E-state index contributed by atoms with van der Waals surface area (Å²) >= 11 is 0. The summed E-state index contributed by atoms with van der Waals surface area (Å²) in [6.07, 6.45) is 3.00. The lowest BCUT2D eigenvalue weighted by Crippen LogP contribution is -2.42. The number of ether oxygens (including phenoxy) is 2. The first kappa shape index (κ1) is 13.8. The van der Waals surface area contributed by atoms with Gasteiger partial charge in [0, 0.05) is 25.3 Å². The summed E-state index contributed by atoms with van der Waals surface area (Å²) in [5, 5.41) is 6.42. The minimum Gasteiger partial charge on any atom is -0.351 e. The first-order chi connectivity index (χ1) is 8.74. The highest BCUT2D eigenvalue weighted by atomic mass is 16.7. The van der Waals surface area contributed by atoms with Gasteiger partial charge in [-0.25, -0.2) is 0 Å². The van der Waals surface area contributed by atoms with Crippen molar-refractivity contribution in [2.75, 3.05) is 19.8 Å². The van der Waals surface area contributed by atoms with Gasteiger partial charge in [-0.1, -0.05) is 0 Å². The van der Waals surface area contributed by atoms with E-state index in [4.69, 9.17) is 9.47 Å². The minimum absolute atomic E-state index is 0.132. The second kappa shape index (κ2) is 6.50. The summed E-state index contributed by atoms with van der Waals surface area (Å²) < 4.78 is 10.8. The Hall–Kier alpha value is -0.650. The quantitative estimate of drug-likeness (QED) is 0.656. The van der Waals surface area contributed by atoms with Crippen LogP contribution in [0, 0.1) is 5.92 Å². The molecule has 2 bridgehead atoms. The predicted octanol–water partition coefficient (Wildman–Crippen LogP) is 0.642. The van der Waals surface area contributed by atoms with Crippen LogP contribution in [0.4, 0.5) is 0 Å². The first-order valence-electron chi connectivity index (χ1n) is 7.01. The van der Waals surface area contributed by atoms with E-state index in [9.17, 15) is 4.79 Å². The molecule has 2 N–H and O–H groups in total. The summed E-state index contributed by atoms with van der Waals surface area (Å²) in [6, 6.07) is 0.938. The fourth-order valence-corrected chi connectivity index (χ4v) is 2.97. The van der Waals surface area contributed by atoms with Crippen molar-refractivity contribution in [2.24, 2.45) is 5.92 Å². The number of rotatable bonds is 7. The van der Waals surface area contributed by atoms with Crippen LogP contribution < -0.4 is 10.6 Å². The van der Waals surface area contributed by atoms with E-state index in [1.165, 1.54) is 6.42 Å². The third kappa shape index (κ3) is 3.22. The molecule has 2 aliphatic rings. The number of hydrogen-bond acceptors (Lipinski definition) is 4. The standard InChI is InChI=1S/C13H24N2O3/c1-3-17-12(18-4-2)8-14-13(16)10-7-9-5-6-11(10)15-9/h9-12,15H,3-8H2,1-2H3,(H,14,16). The Labute approximate surface area is 109 Å². The van der Waals surface area contributed by atoms with Crippen LogP contribution in [0.1, 0.15) is 33.1 Å². The molecule has 2 rings (SSSR count). The van der Waals surface area contributed by atoms with Gasteiger partial charge < -0.3 is 20.1 Å². The Balaban J connectivity index is 1.73. The van der Waals surface area contributed by atoms with Crippen LogP contribution in [0.15, 0.2) is 0 Å². The molecule has 18 heavy (non-hydrogen) atoms. The highest BCUT2D eigenvalue weighted by Crippen LogP contribution is 2.33. The van der Waals surface area contributed by atoms with Gasteiger partial charge in [0.15, 0.2) is 6.29 Å². The largest absolute Gasteiger partial charge is 0.351 e. The molecule has 5 nitrogen and oxygen atoms in total. The van der Waals surface area contributed by atoms with E-state index in [1.807, 2.05) is 13.8 Å². The lowest BCUT2D eigenvalue weighted by molar-refractivity contribution is -0.142. The molecule has 2 heterocycles. The fourth-order valence-electron chi connectivity index (χ4n) is 2.97. The number of carbonyl (C=O) groups excluding carboxylic acids is 1. The average molecular weight is 256 g/mol. The van der Waals surface area contributed by atoms with Crippen molar-refractivity contribution in [1.29, 1.82) is 0 Å². The van der Waals surface area contributed by atoms with Crippen LogP contribution >= 0.6 is 0 Å².